The molecule has 0 heterocycles. The molecule has 2 heteroatoms. The highest BCUT2D eigenvalue weighted by atomic mass is 16.3. The standard InChI is InChI=1S/C17H23NO/c1-13-7-3-5-9-15(13)17(19,11-12-18)16-10-6-4-8-14(16)2/h3,5-7,9-10,19H,4,8,11-12,18H2,1-2H3. The molecular weight excluding hydrogens is 234 g/mol. The Bertz CT molecular complexity index is 516. The van der Waals surface area contributed by atoms with Crippen molar-refractivity contribution < 1.29 is 5.11 Å². The molecule has 1 unspecified atom stereocenters. The van der Waals surface area contributed by atoms with Gasteiger partial charge in [-0.3, -0.25) is 0 Å². The maximum atomic E-state index is 11.3. The van der Waals surface area contributed by atoms with E-state index in [1.54, 1.807) is 0 Å². The fraction of sp³-hybridized carbons (Fsp3) is 0.412. The minimum atomic E-state index is -0.957. The Balaban J connectivity index is 2.55. The van der Waals surface area contributed by atoms with Crippen LogP contribution in [-0.2, 0) is 5.60 Å². The van der Waals surface area contributed by atoms with Gasteiger partial charge in [-0.05, 0) is 56.4 Å². The first-order valence-electron chi connectivity index (χ1n) is 6.95. The fourth-order valence-electron chi connectivity index (χ4n) is 2.93. The van der Waals surface area contributed by atoms with Gasteiger partial charge in [-0.1, -0.05) is 42.0 Å². The largest absolute Gasteiger partial charge is 0.380 e. The van der Waals surface area contributed by atoms with Crippen LogP contribution in [0.3, 0.4) is 0 Å². The monoisotopic (exact) mass is 257 g/mol. The fourth-order valence-corrected chi connectivity index (χ4v) is 2.93. The summed E-state index contributed by atoms with van der Waals surface area (Å²) in [5.74, 6) is 0. The average Bonchev–Trinajstić information content (AvgIpc) is 2.39. The first-order chi connectivity index (χ1) is 9.09. The van der Waals surface area contributed by atoms with Gasteiger partial charge in [0, 0.05) is 0 Å². The zero-order chi connectivity index (χ0) is 13.9. The molecule has 19 heavy (non-hydrogen) atoms. The van der Waals surface area contributed by atoms with Crippen LogP contribution in [0.2, 0.25) is 0 Å². The Morgan fingerprint density at radius 3 is 2.63 bits per heavy atom. The molecule has 0 amide bonds. The van der Waals surface area contributed by atoms with Crippen molar-refractivity contribution in [2.24, 2.45) is 5.73 Å². The number of hydrogen-bond acceptors (Lipinski definition) is 2. The summed E-state index contributed by atoms with van der Waals surface area (Å²) >= 11 is 0. The Kier molecular flexibility index (Phi) is 4.23. The van der Waals surface area contributed by atoms with Crippen molar-refractivity contribution in [3.8, 4) is 0 Å². The molecule has 0 spiro atoms. The molecule has 2 nitrogen and oxygen atoms in total. The third kappa shape index (κ3) is 2.65. The van der Waals surface area contributed by atoms with E-state index in [9.17, 15) is 5.11 Å². The van der Waals surface area contributed by atoms with Gasteiger partial charge in [-0.15, -0.1) is 0 Å². The van der Waals surface area contributed by atoms with Gasteiger partial charge in [-0.25, -0.2) is 0 Å². The third-order valence-corrected chi connectivity index (χ3v) is 3.97. The highest BCUT2D eigenvalue weighted by molar-refractivity contribution is 5.45. The van der Waals surface area contributed by atoms with E-state index >= 15 is 0 Å². The molecule has 0 saturated heterocycles. The lowest BCUT2D eigenvalue weighted by Crippen LogP contribution is -2.32. The molecule has 1 atom stereocenters. The summed E-state index contributed by atoms with van der Waals surface area (Å²) in [6.45, 7) is 4.62. The minimum Gasteiger partial charge on any atom is -0.380 e. The molecule has 0 bridgehead atoms. The van der Waals surface area contributed by atoms with Gasteiger partial charge in [-0.2, -0.15) is 0 Å². The second-order valence-corrected chi connectivity index (χ2v) is 5.35. The summed E-state index contributed by atoms with van der Waals surface area (Å²) in [7, 11) is 0. The number of aliphatic hydroxyl groups is 1. The van der Waals surface area contributed by atoms with Gasteiger partial charge < -0.3 is 10.8 Å². The first kappa shape index (κ1) is 14.0. The topological polar surface area (TPSA) is 46.2 Å². The van der Waals surface area contributed by atoms with Crippen LogP contribution in [0.15, 0.2) is 47.6 Å². The van der Waals surface area contributed by atoms with Crippen LogP contribution in [0.1, 0.15) is 37.3 Å². The number of rotatable bonds is 4. The van der Waals surface area contributed by atoms with Crippen molar-refractivity contribution in [3.63, 3.8) is 0 Å². The maximum absolute atomic E-state index is 11.3. The maximum Gasteiger partial charge on any atom is 0.116 e. The molecule has 2 rings (SSSR count). The predicted octanol–water partition coefficient (Wildman–Crippen LogP) is 3.20. The molecule has 0 saturated carbocycles. The van der Waals surface area contributed by atoms with Crippen LogP contribution in [0, 0.1) is 6.92 Å². The summed E-state index contributed by atoms with van der Waals surface area (Å²) < 4.78 is 0. The van der Waals surface area contributed by atoms with Gasteiger partial charge in [0.05, 0.1) is 0 Å². The van der Waals surface area contributed by atoms with E-state index in [-0.39, 0.29) is 0 Å². The SMILES string of the molecule is CC1=C(C(O)(CCN)c2ccccc2C)C=CCC1. The van der Waals surface area contributed by atoms with E-state index in [2.05, 4.69) is 19.1 Å². The molecule has 1 aliphatic carbocycles. The first-order valence-corrected chi connectivity index (χ1v) is 6.95. The van der Waals surface area contributed by atoms with Gasteiger partial charge in [0.25, 0.3) is 0 Å². The van der Waals surface area contributed by atoms with Crippen molar-refractivity contribution in [2.75, 3.05) is 6.54 Å². The summed E-state index contributed by atoms with van der Waals surface area (Å²) in [5.41, 5.74) is 9.16. The Morgan fingerprint density at radius 1 is 1.26 bits per heavy atom. The van der Waals surface area contributed by atoms with Crippen molar-refractivity contribution in [1.82, 2.24) is 0 Å². The zero-order valence-corrected chi connectivity index (χ0v) is 11.8. The number of aryl methyl sites for hydroxylation is 1. The molecule has 0 aliphatic heterocycles. The molecule has 1 aliphatic rings. The van der Waals surface area contributed by atoms with Gasteiger partial charge in [0.1, 0.15) is 5.60 Å². The van der Waals surface area contributed by atoms with Crippen molar-refractivity contribution in [2.45, 2.75) is 38.7 Å². The molecular formula is C17H23NO. The Morgan fingerprint density at radius 2 is 2.00 bits per heavy atom. The zero-order valence-electron chi connectivity index (χ0n) is 11.8. The molecule has 0 aromatic heterocycles. The van der Waals surface area contributed by atoms with Crippen LogP contribution in [0.5, 0.6) is 0 Å². The molecule has 1 aromatic rings. The Labute approximate surface area is 115 Å². The van der Waals surface area contributed by atoms with Crippen LogP contribution < -0.4 is 5.73 Å². The third-order valence-electron chi connectivity index (χ3n) is 3.97. The summed E-state index contributed by atoms with van der Waals surface area (Å²) in [6, 6.07) is 8.03. The number of hydrogen-bond donors (Lipinski definition) is 2. The lowest BCUT2D eigenvalue weighted by molar-refractivity contribution is 0.0707. The normalized spacial score (nSPS) is 18.5. The van der Waals surface area contributed by atoms with E-state index in [0.29, 0.717) is 13.0 Å². The van der Waals surface area contributed by atoms with Crippen molar-refractivity contribution >= 4 is 0 Å². The second kappa shape index (κ2) is 5.72. The number of benzene rings is 1. The highest BCUT2D eigenvalue weighted by Crippen LogP contribution is 2.39. The quantitative estimate of drug-likeness (QED) is 0.870. The van der Waals surface area contributed by atoms with Crippen LogP contribution in [0.25, 0.3) is 0 Å². The lowest BCUT2D eigenvalue weighted by Gasteiger charge is -2.34. The molecule has 1 aromatic carbocycles. The van der Waals surface area contributed by atoms with Crippen LogP contribution in [-0.4, -0.2) is 11.7 Å². The predicted molar refractivity (Wildman–Crippen MR) is 79.8 cm³/mol. The van der Waals surface area contributed by atoms with E-state index in [1.807, 2.05) is 31.2 Å². The van der Waals surface area contributed by atoms with Crippen LogP contribution in [0.4, 0.5) is 0 Å². The van der Waals surface area contributed by atoms with Crippen molar-refractivity contribution in [1.29, 1.82) is 0 Å². The Hall–Kier alpha value is -1.38. The van der Waals surface area contributed by atoms with Gasteiger partial charge in [0.15, 0.2) is 0 Å². The number of allylic oxidation sites excluding steroid dienone is 2. The van der Waals surface area contributed by atoms with E-state index < -0.39 is 5.60 Å². The summed E-state index contributed by atoms with van der Waals surface area (Å²) in [4.78, 5) is 0. The van der Waals surface area contributed by atoms with Gasteiger partial charge >= 0.3 is 0 Å². The van der Waals surface area contributed by atoms with Gasteiger partial charge in [0.2, 0.25) is 0 Å². The van der Waals surface area contributed by atoms with E-state index in [1.165, 1.54) is 5.57 Å². The lowest BCUT2D eigenvalue weighted by atomic mass is 9.77. The van der Waals surface area contributed by atoms with E-state index in [0.717, 1.165) is 29.5 Å². The summed E-state index contributed by atoms with van der Waals surface area (Å²) in [5, 5.41) is 11.3. The molecule has 0 radical (unpaired) electrons. The smallest absolute Gasteiger partial charge is 0.116 e. The molecule has 0 fully saturated rings. The number of nitrogens with two attached hydrogens (primary N) is 1. The average molecular weight is 257 g/mol. The van der Waals surface area contributed by atoms with Crippen molar-refractivity contribution in [3.05, 3.63) is 58.7 Å². The van der Waals surface area contributed by atoms with E-state index in [4.69, 9.17) is 5.73 Å². The molecule has 102 valence electrons. The minimum absolute atomic E-state index is 0.468. The second-order valence-electron chi connectivity index (χ2n) is 5.35. The molecule has 3 N–H and O–H groups in total. The van der Waals surface area contributed by atoms with Crippen LogP contribution >= 0.6 is 0 Å². The highest BCUT2D eigenvalue weighted by Gasteiger charge is 2.34. The summed E-state index contributed by atoms with van der Waals surface area (Å²) in [6.07, 6.45) is 6.84.